The van der Waals surface area contributed by atoms with Gasteiger partial charge in [0.25, 0.3) is 5.91 Å². The lowest BCUT2D eigenvalue weighted by Crippen LogP contribution is -2.19. The number of nitrogens with one attached hydrogen (secondary N) is 2. The number of nitrogens with two attached hydrogens (primary N) is 1. The van der Waals surface area contributed by atoms with Gasteiger partial charge in [0.15, 0.2) is 0 Å². The summed E-state index contributed by atoms with van der Waals surface area (Å²) < 4.78 is 5.57. The number of carbonyl (C=O) groups excluding carboxylic acids is 2. The lowest BCUT2D eigenvalue weighted by molar-refractivity contribution is 0.102. The SMILES string of the molecule is CCCCOc1ccc(C(=O)Nc2cccc(NC(N)=O)c2)cc1. The van der Waals surface area contributed by atoms with Gasteiger partial charge in [-0.25, -0.2) is 4.79 Å². The Morgan fingerprint density at radius 3 is 2.33 bits per heavy atom. The number of carbonyl (C=O) groups is 2. The maximum absolute atomic E-state index is 12.3. The molecule has 0 aliphatic heterocycles. The van der Waals surface area contributed by atoms with Crippen molar-refractivity contribution >= 4 is 23.3 Å². The van der Waals surface area contributed by atoms with Gasteiger partial charge < -0.3 is 21.1 Å². The molecule has 0 aliphatic rings. The van der Waals surface area contributed by atoms with Gasteiger partial charge >= 0.3 is 6.03 Å². The number of urea groups is 1. The van der Waals surface area contributed by atoms with Crippen LogP contribution in [0.15, 0.2) is 48.5 Å². The van der Waals surface area contributed by atoms with Crippen LogP contribution in [0.3, 0.4) is 0 Å². The van der Waals surface area contributed by atoms with Gasteiger partial charge in [-0.15, -0.1) is 0 Å². The molecular weight excluding hydrogens is 306 g/mol. The Hall–Kier alpha value is -3.02. The smallest absolute Gasteiger partial charge is 0.316 e. The van der Waals surface area contributed by atoms with Crippen LogP contribution in [0.4, 0.5) is 16.2 Å². The van der Waals surface area contributed by atoms with Crippen LogP contribution >= 0.6 is 0 Å². The molecule has 2 rings (SSSR count). The molecule has 6 heteroatoms. The molecule has 0 bridgehead atoms. The molecule has 0 saturated carbocycles. The van der Waals surface area contributed by atoms with E-state index in [4.69, 9.17) is 10.5 Å². The predicted octanol–water partition coefficient (Wildman–Crippen LogP) is 3.61. The number of amides is 3. The zero-order valence-electron chi connectivity index (χ0n) is 13.5. The number of hydrogen-bond donors (Lipinski definition) is 3. The van der Waals surface area contributed by atoms with Gasteiger partial charge in [0.05, 0.1) is 6.61 Å². The summed E-state index contributed by atoms with van der Waals surface area (Å²) in [6, 6.07) is 13.1. The summed E-state index contributed by atoms with van der Waals surface area (Å²) in [6.45, 7) is 2.77. The van der Waals surface area contributed by atoms with Gasteiger partial charge in [-0.1, -0.05) is 19.4 Å². The number of unbranched alkanes of at least 4 members (excludes halogenated alkanes) is 1. The second kappa shape index (κ2) is 8.57. The minimum atomic E-state index is -0.655. The topological polar surface area (TPSA) is 93.4 Å². The lowest BCUT2D eigenvalue weighted by Gasteiger charge is -2.09. The molecule has 0 atom stereocenters. The fourth-order valence-corrected chi connectivity index (χ4v) is 2.06. The minimum absolute atomic E-state index is 0.244. The van der Waals surface area contributed by atoms with Crippen molar-refractivity contribution in [2.75, 3.05) is 17.2 Å². The Labute approximate surface area is 141 Å². The number of rotatable bonds is 7. The summed E-state index contributed by atoms with van der Waals surface area (Å²) in [4.78, 5) is 23.1. The maximum atomic E-state index is 12.3. The molecule has 2 aromatic carbocycles. The van der Waals surface area contributed by atoms with Crippen molar-refractivity contribution in [3.8, 4) is 5.75 Å². The molecule has 2 aromatic rings. The Morgan fingerprint density at radius 2 is 1.71 bits per heavy atom. The molecule has 3 amide bonds. The molecule has 0 aromatic heterocycles. The van der Waals surface area contributed by atoms with Crippen molar-refractivity contribution in [3.05, 3.63) is 54.1 Å². The first kappa shape index (κ1) is 17.3. The summed E-state index contributed by atoms with van der Waals surface area (Å²) >= 11 is 0. The van der Waals surface area contributed by atoms with E-state index >= 15 is 0 Å². The first-order chi connectivity index (χ1) is 11.6. The fraction of sp³-hybridized carbons (Fsp3) is 0.222. The standard InChI is InChI=1S/C18H21N3O3/c1-2-3-11-24-16-9-7-13(8-10-16)17(22)20-14-5-4-6-15(12-14)21-18(19)23/h4-10,12H,2-3,11H2,1H3,(H,20,22)(H3,19,21,23). The van der Waals surface area contributed by atoms with E-state index in [1.54, 1.807) is 48.5 Å². The third-order valence-corrected chi connectivity index (χ3v) is 3.27. The van der Waals surface area contributed by atoms with Gasteiger partial charge in [0.1, 0.15) is 5.75 Å². The highest BCUT2D eigenvalue weighted by atomic mass is 16.5. The fourth-order valence-electron chi connectivity index (χ4n) is 2.06. The maximum Gasteiger partial charge on any atom is 0.316 e. The van der Waals surface area contributed by atoms with E-state index in [2.05, 4.69) is 17.6 Å². The monoisotopic (exact) mass is 327 g/mol. The predicted molar refractivity (Wildman–Crippen MR) is 94.4 cm³/mol. The molecule has 0 radical (unpaired) electrons. The third kappa shape index (κ3) is 5.31. The highest BCUT2D eigenvalue weighted by Gasteiger charge is 2.07. The van der Waals surface area contributed by atoms with Gasteiger partial charge in [0, 0.05) is 16.9 Å². The Balaban J connectivity index is 1.98. The van der Waals surface area contributed by atoms with Crippen LogP contribution in [0, 0.1) is 0 Å². The van der Waals surface area contributed by atoms with Crippen molar-refractivity contribution in [3.63, 3.8) is 0 Å². The molecule has 126 valence electrons. The Kier molecular flexibility index (Phi) is 6.19. The third-order valence-electron chi connectivity index (χ3n) is 3.27. The van der Waals surface area contributed by atoms with Crippen molar-refractivity contribution < 1.29 is 14.3 Å². The number of hydrogen-bond acceptors (Lipinski definition) is 3. The molecule has 0 unspecified atom stereocenters. The van der Waals surface area contributed by atoms with Crippen LogP contribution in [-0.2, 0) is 0 Å². The van der Waals surface area contributed by atoms with Crippen LogP contribution in [0.25, 0.3) is 0 Å². The zero-order chi connectivity index (χ0) is 17.4. The van der Waals surface area contributed by atoms with Gasteiger partial charge in [-0.3, -0.25) is 4.79 Å². The second-order valence-corrected chi connectivity index (χ2v) is 5.25. The Bertz CT molecular complexity index is 699. The van der Waals surface area contributed by atoms with Crippen LogP contribution in [0.2, 0.25) is 0 Å². The van der Waals surface area contributed by atoms with Gasteiger partial charge in [0.2, 0.25) is 0 Å². The molecule has 0 aliphatic carbocycles. The number of anilines is 2. The molecule has 4 N–H and O–H groups in total. The molecule has 0 heterocycles. The first-order valence-electron chi connectivity index (χ1n) is 7.79. The normalized spacial score (nSPS) is 10.0. The lowest BCUT2D eigenvalue weighted by atomic mass is 10.2. The highest BCUT2D eigenvalue weighted by Crippen LogP contribution is 2.17. The van der Waals surface area contributed by atoms with E-state index in [1.807, 2.05) is 0 Å². The summed E-state index contributed by atoms with van der Waals surface area (Å²) in [6.07, 6.45) is 2.07. The van der Waals surface area contributed by atoms with Gasteiger partial charge in [-0.05, 0) is 48.9 Å². The van der Waals surface area contributed by atoms with E-state index in [9.17, 15) is 9.59 Å². The van der Waals surface area contributed by atoms with Crippen molar-refractivity contribution in [2.24, 2.45) is 5.73 Å². The van der Waals surface area contributed by atoms with E-state index in [0.29, 0.717) is 23.5 Å². The van der Waals surface area contributed by atoms with Crippen LogP contribution in [0.1, 0.15) is 30.1 Å². The number of benzene rings is 2. The average molecular weight is 327 g/mol. The van der Waals surface area contributed by atoms with E-state index in [-0.39, 0.29) is 5.91 Å². The largest absolute Gasteiger partial charge is 0.494 e. The van der Waals surface area contributed by atoms with Crippen molar-refractivity contribution in [1.82, 2.24) is 0 Å². The summed E-state index contributed by atoms with van der Waals surface area (Å²) in [5.41, 5.74) is 6.67. The summed E-state index contributed by atoms with van der Waals surface area (Å²) in [7, 11) is 0. The Morgan fingerprint density at radius 1 is 1.04 bits per heavy atom. The van der Waals surface area contributed by atoms with Crippen LogP contribution in [0.5, 0.6) is 5.75 Å². The van der Waals surface area contributed by atoms with E-state index in [0.717, 1.165) is 18.6 Å². The molecule has 6 nitrogen and oxygen atoms in total. The van der Waals surface area contributed by atoms with Crippen LogP contribution < -0.4 is 21.1 Å². The molecule has 0 saturated heterocycles. The zero-order valence-corrected chi connectivity index (χ0v) is 13.5. The molecular formula is C18H21N3O3. The summed E-state index contributed by atoms with van der Waals surface area (Å²) in [5.74, 6) is 0.499. The number of primary amides is 1. The van der Waals surface area contributed by atoms with Crippen molar-refractivity contribution in [1.29, 1.82) is 0 Å². The average Bonchev–Trinajstić information content (AvgIpc) is 2.55. The van der Waals surface area contributed by atoms with Crippen molar-refractivity contribution in [2.45, 2.75) is 19.8 Å². The van der Waals surface area contributed by atoms with E-state index < -0.39 is 6.03 Å². The molecule has 0 spiro atoms. The van der Waals surface area contributed by atoms with Crippen LogP contribution in [-0.4, -0.2) is 18.5 Å². The highest BCUT2D eigenvalue weighted by molar-refractivity contribution is 6.04. The summed E-state index contributed by atoms with van der Waals surface area (Å²) in [5, 5.41) is 5.23. The quantitative estimate of drug-likeness (QED) is 0.678. The first-order valence-corrected chi connectivity index (χ1v) is 7.79. The molecule has 0 fully saturated rings. The second-order valence-electron chi connectivity index (χ2n) is 5.25. The number of ether oxygens (including phenoxy) is 1. The minimum Gasteiger partial charge on any atom is -0.494 e. The molecule has 24 heavy (non-hydrogen) atoms. The van der Waals surface area contributed by atoms with Gasteiger partial charge in [-0.2, -0.15) is 0 Å². The van der Waals surface area contributed by atoms with E-state index in [1.165, 1.54) is 0 Å².